The second-order valence-electron chi connectivity index (χ2n) is 1.73. The Kier molecular flexibility index (Phi) is 3.44. The quantitative estimate of drug-likeness (QED) is 0.314. The Hall–Kier alpha value is 0.0300. The smallest absolute Gasteiger partial charge is 0.388 e. The van der Waals surface area contributed by atoms with Crippen molar-refractivity contribution in [2.24, 2.45) is 0 Å². The third-order valence-corrected chi connectivity index (χ3v) is 1.15. The minimum Gasteiger partial charge on any atom is -0.388 e. The molecule has 2 atom stereocenters. The van der Waals surface area contributed by atoms with Gasteiger partial charge in [-0.05, 0) is 6.92 Å². The van der Waals surface area contributed by atoms with E-state index in [0.717, 1.165) is 6.92 Å². The summed E-state index contributed by atoms with van der Waals surface area (Å²) in [5.41, 5.74) is 0. The summed E-state index contributed by atoms with van der Waals surface area (Å²) >= 11 is 0. The molecule has 0 bridgehead atoms. The van der Waals surface area contributed by atoms with E-state index in [1.807, 2.05) is 0 Å². The van der Waals surface area contributed by atoms with E-state index in [1.54, 1.807) is 0 Å². The Morgan fingerprint density at radius 1 is 1.40 bits per heavy atom. The second-order valence-corrected chi connectivity index (χ2v) is 2.92. The summed E-state index contributed by atoms with van der Waals surface area (Å²) in [7, 11) is -4.69. The molecule has 0 aromatic rings. The Bertz CT molecular complexity index is 138. The van der Waals surface area contributed by atoms with E-state index in [2.05, 4.69) is 4.52 Å². The van der Waals surface area contributed by atoms with Gasteiger partial charge in [0.2, 0.25) is 0 Å². The first kappa shape index (κ1) is 10.0. The van der Waals surface area contributed by atoms with Gasteiger partial charge in [0, 0.05) is 0 Å². The van der Waals surface area contributed by atoms with Crippen LogP contribution in [0.3, 0.4) is 0 Å². The summed E-state index contributed by atoms with van der Waals surface area (Å²) in [5, 5.41) is 17.0. The molecule has 10 heavy (non-hydrogen) atoms. The van der Waals surface area contributed by atoms with E-state index in [-0.39, 0.29) is 0 Å². The molecule has 0 saturated heterocycles. The average Bonchev–Trinajstić information content (AvgIpc) is 1.60. The predicted molar refractivity (Wildman–Crippen MR) is 30.8 cm³/mol. The van der Waals surface area contributed by atoms with Crippen molar-refractivity contribution in [3.05, 3.63) is 0 Å². The summed E-state index contributed by atoms with van der Waals surface area (Å²) < 4.78 is 13.6. The predicted octanol–water partition coefficient (Wildman–Crippen LogP) is -1.21. The highest BCUT2D eigenvalue weighted by molar-refractivity contribution is 7.46. The fourth-order valence-corrected chi connectivity index (χ4v) is 0.686. The molecule has 7 heteroatoms. The number of aliphatic hydroxyl groups excluding tert-OH is 2. The van der Waals surface area contributed by atoms with Crippen molar-refractivity contribution in [3.63, 3.8) is 0 Å². The lowest BCUT2D eigenvalue weighted by Gasteiger charge is -2.13. The molecular weight excluding hydrogens is 163 g/mol. The number of phosphoric acid groups is 1. The van der Waals surface area contributed by atoms with Gasteiger partial charge < -0.3 is 20.0 Å². The van der Waals surface area contributed by atoms with E-state index in [1.165, 1.54) is 0 Å². The highest BCUT2D eigenvalue weighted by Gasteiger charge is 2.23. The number of hydrogen-bond donors (Lipinski definition) is 4. The van der Waals surface area contributed by atoms with Gasteiger partial charge in [-0.3, -0.25) is 4.52 Å². The molecule has 0 amide bonds. The van der Waals surface area contributed by atoms with E-state index < -0.39 is 20.2 Å². The van der Waals surface area contributed by atoms with Crippen molar-refractivity contribution in [2.75, 3.05) is 0 Å². The lowest BCUT2D eigenvalue weighted by molar-refractivity contribution is -0.107. The van der Waals surface area contributed by atoms with E-state index in [0.29, 0.717) is 0 Å². The zero-order valence-electron chi connectivity index (χ0n) is 5.21. The van der Waals surface area contributed by atoms with Crippen LogP contribution in [0.2, 0.25) is 0 Å². The van der Waals surface area contributed by atoms with Crippen LogP contribution in [-0.4, -0.2) is 32.4 Å². The van der Waals surface area contributed by atoms with Gasteiger partial charge in [0.15, 0.2) is 6.29 Å². The molecule has 0 spiro atoms. The zero-order chi connectivity index (χ0) is 8.36. The third kappa shape index (κ3) is 4.87. The summed E-state index contributed by atoms with van der Waals surface area (Å²) in [6.45, 7) is 1.14. The minimum absolute atomic E-state index is 1.14. The lowest BCUT2D eigenvalue weighted by Crippen LogP contribution is -2.24. The van der Waals surface area contributed by atoms with Crippen LogP contribution in [-0.2, 0) is 9.09 Å². The molecular formula is C3H9O6P. The van der Waals surface area contributed by atoms with Crippen LogP contribution in [0, 0.1) is 0 Å². The normalized spacial score (nSPS) is 18.5. The molecule has 0 rings (SSSR count). The Morgan fingerprint density at radius 3 is 1.90 bits per heavy atom. The van der Waals surface area contributed by atoms with Crippen LogP contribution in [0.25, 0.3) is 0 Å². The van der Waals surface area contributed by atoms with Crippen molar-refractivity contribution in [1.82, 2.24) is 0 Å². The van der Waals surface area contributed by atoms with E-state index in [4.69, 9.17) is 20.0 Å². The molecule has 0 aliphatic heterocycles. The van der Waals surface area contributed by atoms with Gasteiger partial charge in [-0.2, -0.15) is 0 Å². The van der Waals surface area contributed by atoms with E-state index in [9.17, 15) is 4.57 Å². The largest absolute Gasteiger partial charge is 0.472 e. The van der Waals surface area contributed by atoms with Gasteiger partial charge >= 0.3 is 7.82 Å². The van der Waals surface area contributed by atoms with Crippen LogP contribution >= 0.6 is 7.82 Å². The van der Waals surface area contributed by atoms with Crippen LogP contribution in [0.5, 0.6) is 0 Å². The first-order valence-corrected chi connectivity index (χ1v) is 3.96. The molecule has 0 aromatic heterocycles. The number of phosphoric ester groups is 1. The van der Waals surface area contributed by atoms with Gasteiger partial charge in [0.1, 0.15) is 6.10 Å². The number of hydrogen-bond acceptors (Lipinski definition) is 4. The molecule has 0 fully saturated rings. The minimum atomic E-state index is -4.69. The van der Waals surface area contributed by atoms with Crippen molar-refractivity contribution in [3.8, 4) is 0 Å². The van der Waals surface area contributed by atoms with Gasteiger partial charge in [0.05, 0.1) is 0 Å². The maximum atomic E-state index is 9.95. The van der Waals surface area contributed by atoms with Gasteiger partial charge in [-0.25, -0.2) is 4.57 Å². The summed E-state index contributed by atoms with van der Waals surface area (Å²) in [6.07, 6.45) is -3.17. The number of rotatable bonds is 3. The molecule has 62 valence electrons. The van der Waals surface area contributed by atoms with Crippen LogP contribution in [0.15, 0.2) is 0 Å². The fourth-order valence-electron chi connectivity index (χ4n) is 0.229. The van der Waals surface area contributed by atoms with Crippen LogP contribution in [0.4, 0.5) is 0 Å². The third-order valence-electron chi connectivity index (χ3n) is 0.658. The molecule has 0 aliphatic rings. The molecule has 0 aromatic carbocycles. The SMILES string of the molecule is CC(O)C(O)OP(=O)(O)O. The van der Waals surface area contributed by atoms with Crippen molar-refractivity contribution in [2.45, 2.75) is 19.3 Å². The summed E-state index contributed by atoms with van der Waals surface area (Å²) in [6, 6.07) is 0. The highest BCUT2D eigenvalue weighted by atomic mass is 31.2. The molecule has 0 heterocycles. The topological polar surface area (TPSA) is 107 Å². The first-order valence-electron chi connectivity index (χ1n) is 2.43. The first-order chi connectivity index (χ1) is 4.33. The van der Waals surface area contributed by atoms with Gasteiger partial charge in [-0.1, -0.05) is 0 Å². The Balaban J connectivity index is 3.80. The number of aliphatic hydroxyl groups is 2. The Labute approximate surface area is 57.3 Å². The average molecular weight is 172 g/mol. The maximum Gasteiger partial charge on any atom is 0.472 e. The Morgan fingerprint density at radius 2 is 1.80 bits per heavy atom. The molecule has 4 N–H and O–H groups in total. The summed E-state index contributed by atoms with van der Waals surface area (Å²) in [5.74, 6) is 0. The maximum absolute atomic E-state index is 9.95. The second kappa shape index (κ2) is 3.43. The highest BCUT2D eigenvalue weighted by Crippen LogP contribution is 2.37. The molecule has 6 nitrogen and oxygen atoms in total. The molecule has 0 saturated carbocycles. The zero-order valence-corrected chi connectivity index (χ0v) is 6.10. The monoisotopic (exact) mass is 172 g/mol. The van der Waals surface area contributed by atoms with Gasteiger partial charge in [0.25, 0.3) is 0 Å². The van der Waals surface area contributed by atoms with E-state index >= 15 is 0 Å². The van der Waals surface area contributed by atoms with Crippen LogP contribution in [0.1, 0.15) is 6.92 Å². The fraction of sp³-hybridized carbons (Fsp3) is 1.00. The lowest BCUT2D eigenvalue weighted by atomic mass is 10.4. The summed E-state index contributed by atoms with van der Waals surface area (Å²) in [4.78, 5) is 16.1. The molecule has 0 aliphatic carbocycles. The molecule has 2 unspecified atom stereocenters. The van der Waals surface area contributed by atoms with Gasteiger partial charge in [-0.15, -0.1) is 0 Å². The standard InChI is InChI=1S/C3H9O6P/c1-2(4)3(5)9-10(6,7)8/h2-5H,1H3,(H2,6,7,8). The van der Waals surface area contributed by atoms with Crippen LogP contribution < -0.4 is 0 Å². The van der Waals surface area contributed by atoms with Crippen molar-refractivity contribution in [1.29, 1.82) is 0 Å². The van der Waals surface area contributed by atoms with Crippen molar-refractivity contribution < 1.29 is 29.1 Å². The van der Waals surface area contributed by atoms with Crippen molar-refractivity contribution >= 4 is 7.82 Å². The molecule has 0 radical (unpaired) electrons.